The van der Waals surface area contributed by atoms with E-state index in [1.165, 1.54) is 25.6 Å². The molecule has 8 heteroatoms. The molecule has 0 amide bonds. The zero-order chi connectivity index (χ0) is 20.3. The molecular weight excluding hydrogens is 380 g/mol. The van der Waals surface area contributed by atoms with Crippen LogP contribution in [0, 0.1) is 13.8 Å². The number of ketones is 1. The Kier molecular flexibility index (Phi) is 5.79. The van der Waals surface area contributed by atoms with Crippen LogP contribution < -0.4 is 9.47 Å². The molecule has 0 aliphatic rings. The van der Waals surface area contributed by atoms with Gasteiger partial charge >= 0.3 is 5.97 Å². The quantitative estimate of drug-likeness (QED) is 0.445. The predicted octanol–water partition coefficient (Wildman–Crippen LogP) is 3.61. The summed E-state index contributed by atoms with van der Waals surface area (Å²) in [4.78, 5) is 29.5. The third-order valence-electron chi connectivity index (χ3n) is 4.31. The van der Waals surface area contributed by atoms with Crippen molar-refractivity contribution in [1.82, 2.24) is 9.55 Å². The van der Waals surface area contributed by atoms with Gasteiger partial charge in [0.05, 0.1) is 14.2 Å². The van der Waals surface area contributed by atoms with Gasteiger partial charge in [-0.2, -0.15) is 0 Å². The first-order valence-corrected chi connectivity index (χ1v) is 9.36. The summed E-state index contributed by atoms with van der Waals surface area (Å²) < 4.78 is 17.6. The van der Waals surface area contributed by atoms with Gasteiger partial charge in [-0.3, -0.25) is 9.36 Å². The number of hydrogen-bond donors (Lipinski definition) is 0. The van der Waals surface area contributed by atoms with Crippen LogP contribution in [-0.2, 0) is 4.74 Å². The summed E-state index contributed by atoms with van der Waals surface area (Å²) in [6, 6.07) is 6.73. The second kappa shape index (κ2) is 8.26. The van der Waals surface area contributed by atoms with Crippen molar-refractivity contribution >= 4 is 23.1 Å². The molecule has 0 radical (unpaired) electrons. The summed E-state index contributed by atoms with van der Waals surface area (Å²) in [5.74, 6) is -0.341. The van der Waals surface area contributed by atoms with E-state index < -0.39 is 5.97 Å². The second-order valence-corrected chi connectivity index (χ2v) is 6.84. The summed E-state index contributed by atoms with van der Waals surface area (Å²) in [7, 11) is 2.90. The molecule has 0 N–H and O–H groups in total. The van der Waals surface area contributed by atoms with Crippen molar-refractivity contribution in [2.24, 2.45) is 0 Å². The van der Waals surface area contributed by atoms with Crippen molar-refractivity contribution in [3.63, 3.8) is 0 Å². The lowest BCUT2D eigenvalue weighted by molar-refractivity contribution is 0.0468. The third kappa shape index (κ3) is 3.63. The maximum absolute atomic E-state index is 12.7. The summed E-state index contributed by atoms with van der Waals surface area (Å²) in [6.45, 7) is 3.35. The van der Waals surface area contributed by atoms with E-state index in [1.54, 1.807) is 30.5 Å². The Bertz CT molecular complexity index is 986. The number of carbonyl (C=O) groups is 2. The number of nitrogens with zero attached hydrogens (tertiary/aromatic N) is 2. The van der Waals surface area contributed by atoms with Gasteiger partial charge in [0.2, 0.25) is 5.78 Å². The summed E-state index contributed by atoms with van der Waals surface area (Å²) in [5.41, 5.74) is 2.28. The van der Waals surface area contributed by atoms with Gasteiger partial charge in [0.15, 0.2) is 11.7 Å². The lowest BCUT2D eigenvalue weighted by Gasteiger charge is -2.12. The van der Waals surface area contributed by atoms with Gasteiger partial charge in [-0.05, 0) is 32.0 Å². The number of methoxy groups -OCH3 is 2. The van der Waals surface area contributed by atoms with Crippen LogP contribution in [0.15, 0.2) is 35.8 Å². The molecule has 0 aliphatic carbocycles. The highest BCUT2D eigenvalue weighted by atomic mass is 32.1. The summed E-state index contributed by atoms with van der Waals surface area (Å²) >= 11 is 1.48. The molecule has 0 unspecified atom stereocenters. The topological polar surface area (TPSA) is 79.7 Å². The van der Waals surface area contributed by atoms with Crippen molar-refractivity contribution in [3.8, 4) is 16.6 Å². The van der Waals surface area contributed by atoms with Gasteiger partial charge < -0.3 is 14.2 Å². The van der Waals surface area contributed by atoms with Gasteiger partial charge in [0, 0.05) is 28.5 Å². The molecule has 146 valence electrons. The molecule has 0 saturated carbocycles. The number of benzene rings is 1. The average molecular weight is 400 g/mol. The highest BCUT2D eigenvalue weighted by Crippen LogP contribution is 2.29. The number of aryl methyl sites for hydroxylation is 1. The fourth-order valence-corrected chi connectivity index (χ4v) is 3.75. The number of thiazole rings is 1. The smallest absolute Gasteiger partial charge is 0.346 e. The average Bonchev–Trinajstić information content (AvgIpc) is 3.32. The summed E-state index contributed by atoms with van der Waals surface area (Å²) in [6.07, 6.45) is 1.71. The van der Waals surface area contributed by atoms with Crippen LogP contribution in [0.25, 0.3) is 5.13 Å². The van der Waals surface area contributed by atoms with E-state index in [4.69, 9.17) is 14.2 Å². The van der Waals surface area contributed by atoms with Crippen LogP contribution in [0.3, 0.4) is 0 Å². The molecule has 7 nitrogen and oxygen atoms in total. The van der Waals surface area contributed by atoms with E-state index in [-0.39, 0.29) is 18.0 Å². The van der Waals surface area contributed by atoms with Crippen LogP contribution in [0.5, 0.6) is 11.5 Å². The standard InChI is InChI=1S/C20H20N2O5S/c1-12-10-14(13(2)22(12)20-21-8-9-28-20)15(23)11-27-19(24)18-16(25-3)6-5-7-17(18)26-4/h5-10H,11H2,1-4H3. The van der Waals surface area contributed by atoms with Crippen molar-refractivity contribution in [2.45, 2.75) is 13.8 Å². The number of carbonyl (C=O) groups excluding carboxylic acids is 2. The highest BCUT2D eigenvalue weighted by molar-refractivity contribution is 7.12. The van der Waals surface area contributed by atoms with Crippen molar-refractivity contribution < 1.29 is 23.8 Å². The lowest BCUT2D eigenvalue weighted by Crippen LogP contribution is -2.16. The SMILES string of the molecule is COc1cccc(OC)c1C(=O)OCC(=O)c1cc(C)n(-c2nccs2)c1C. The fraction of sp³-hybridized carbons (Fsp3) is 0.250. The molecule has 0 saturated heterocycles. The minimum Gasteiger partial charge on any atom is -0.496 e. The Morgan fingerprint density at radius 2 is 1.82 bits per heavy atom. The van der Waals surface area contributed by atoms with Crippen molar-refractivity contribution in [2.75, 3.05) is 20.8 Å². The Balaban J connectivity index is 1.79. The van der Waals surface area contributed by atoms with Crippen LogP contribution in [-0.4, -0.2) is 42.1 Å². The summed E-state index contributed by atoms with van der Waals surface area (Å²) in [5, 5.41) is 2.66. The van der Waals surface area contributed by atoms with E-state index in [1.807, 2.05) is 23.8 Å². The predicted molar refractivity (Wildman–Crippen MR) is 105 cm³/mol. The first-order valence-electron chi connectivity index (χ1n) is 8.48. The van der Waals surface area contributed by atoms with E-state index >= 15 is 0 Å². The Hall–Kier alpha value is -3.13. The van der Waals surface area contributed by atoms with Crippen molar-refractivity contribution in [1.29, 1.82) is 0 Å². The first kappa shape index (κ1) is 19.6. The van der Waals surface area contributed by atoms with Crippen LogP contribution in [0.2, 0.25) is 0 Å². The number of ether oxygens (including phenoxy) is 3. The van der Waals surface area contributed by atoms with Crippen LogP contribution in [0.4, 0.5) is 0 Å². The Morgan fingerprint density at radius 1 is 1.14 bits per heavy atom. The number of aromatic nitrogens is 2. The minimum absolute atomic E-state index is 0.147. The second-order valence-electron chi connectivity index (χ2n) is 5.97. The number of esters is 1. The molecule has 2 aromatic heterocycles. The largest absolute Gasteiger partial charge is 0.496 e. The molecule has 0 atom stereocenters. The molecule has 1 aromatic carbocycles. The van der Waals surface area contributed by atoms with Crippen molar-refractivity contribution in [3.05, 3.63) is 58.4 Å². The van der Waals surface area contributed by atoms with Gasteiger partial charge in [-0.15, -0.1) is 11.3 Å². The molecule has 0 bridgehead atoms. The molecule has 0 aliphatic heterocycles. The van der Waals surface area contributed by atoms with Crippen LogP contribution >= 0.6 is 11.3 Å². The van der Waals surface area contributed by atoms with E-state index in [9.17, 15) is 9.59 Å². The normalized spacial score (nSPS) is 10.6. The molecule has 3 aromatic rings. The monoisotopic (exact) mass is 400 g/mol. The number of rotatable bonds is 7. The number of Topliss-reactive ketones (excluding diaryl/α,β-unsaturated/α-hetero) is 1. The maximum Gasteiger partial charge on any atom is 0.346 e. The Morgan fingerprint density at radius 3 is 2.39 bits per heavy atom. The highest BCUT2D eigenvalue weighted by Gasteiger charge is 2.23. The fourth-order valence-electron chi connectivity index (χ4n) is 3.00. The van der Waals surface area contributed by atoms with E-state index in [0.29, 0.717) is 17.1 Å². The van der Waals surface area contributed by atoms with Crippen LogP contribution in [0.1, 0.15) is 32.1 Å². The maximum atomic E-state index is 12.7. The molecular formula is C20H20N2O5S. The first-order chi connectivity index (χ1) is 13.5. The lowest BCUT2D eigenvalue weighted by atomic mass is 10.1. The zero-order valence-electron chi connectivity index (χ0n) is 16.0. The zero-order valence-corrected chi connectivity index (χ0v) is 16.8. The van der Waals surface area contributed by atoms with Gasteiger partial charge in [-0.1, -0.05) is 6.07 Å². The molecule has 0 fully saturated rings. The molecule has 3 rings (SSSR count). The van der Waals surface area contributed by atoms with E-state index in [2.05, 4.69) is 4.98 Å². The van der Waals surface area contributed by atoms with Gasteiger partial charge in [0.25, 0.3) is 0 Å². The third-order valence-corrected chi connectivity index (χ3v) is 5.07. The number of hydrogen-bond acceptors (Lipinski definition) is 7. The molecule has 2 heterocycles. The molecule has 28 heavy (non-hydrogen) atoms. The van der Waals surface area contributed by atoms with Gasteiger partial charge in [-0.25, -0.2) is 9.78 Å². The van der Waals surface area contributed by atoms with E-state index in [0.717, 1.165) is 16.5 Å². The minimum atomic E-state index is -0.684. The Labute approximate surface area is 166 Å². The van der Waals surface area contributed by atoms with Gasteiger partial charge in [0.1, 0.15) is 17.1 Å². The molecule has 0 spiro atoms.